The van der Waals surface area contributed by atoms with E-state index in [1.54, 1.807) is 0 Å². The maximum Gasteiger partial charge on any atom is 0.120 e. The number of rotatable bonds is 4. The molecule has 2 heterocycles. The van der Waals surface area contributed by atoms with Gasteiger partial charge >= 0.3 is 0 Å². The Hall–Kier alpha value is -0.840. The van der Waals surface area contributed by atoms with Crippen molar-refractivity contribution in [3.63, 3.8) is 0 Å². The molecule has 17 heavy (non-hydrogen) atoms. The molecule has 2 rings (SSSR count). The van der Waals surface area contributed by atoms with Crippen molar-refractivity contribution in [3.8, 4) is 0 Å². The minimum absolute atomic E-state index is 0.369. The second-order valence-corrected chi connectivity index (χ2v) is 4.66. The minimum atomic E-state index is 0.369. The Bertz CT molecular complexity index is 362. The fourth-order valence-electron chi connectivity index (χ4n) is 2.26. The molecule has 4 heteroatoms. The lowest BCUT2D eigenvalue weighted by atomic mass is 10.2. The van der Waals surface area contributed by atoms with Gasteiger partial charge in [-0.15, -0.1) is 0 Å². The Morgan fingerprint density at radius 2 is 2.35 bits per heavy atom. The van der Waals surface area contributed by atoms with Crippen LogP contribution in [0.25, 0.3) is 0 Å². The highest BCUT2D eigenvalue weighted by molar-refractivity contribution is 5.19. The van der Waals surface area contributed by atoms with Crippen LogP contribution in [0.15, 0.2) is 10.5 Å². The van der Waals surface area contributed by atoms with Crippen LogP contribution < -0.4 is 5.73 Å². The second-order valence-electron chi connectivity index (χ2n) is 4.66. The van der Waals surface area contributed by atoms with Crippen molar-refractivity contribution in [1.29, 1.82) is 0 Å². The summed E-state index contributed by atoms with van der Waals surface area (Å²) in [4.78, 5) is 2.39. The second kappa shape index (κ2) is 5.67. The highest BCUT2D eigenvalue weighted by atomic mass is 16.5. The van der Waals surface area contributed by atoms with Gasteiger partial charge in [0.25, 0.3) is 0 Å². The summed E-state index contributed by atoms with van der Waals surface area (Å²) in [6.45, 7) is 8.35. The number of nitrogens with zero attached hydrogens (tertiary/aromatic N) is 1. The number of furan rings is 1. The molecule has 96 valence electrons. The van der Waals surface area contributed by atoms with Crippen LogP contribution in [0.2, 0.25) is 0 Å². The number of hydrogen-bond donors (Lipinski definition) is 1. The predicted octanol–water partition coefficient (Wildman–Crippen LogP) is 1.66. The van der Waals surface area contributed by atoms with Gasteiger partial charge in [0.15, 0.2) is 0 Å². The Balaban J connectivity index is 1.95. The average Bonchev–Trinajstić information content (AvgIpc) is 2.69. The molecule has 2 N–H and O–H groups in total. The third kappa shape index (κ3) is 3.09. The number of nitrogens with two attached hydrogens (primary N) is 1. The Labute approximate surface area is 103 Å². The topological polar surface area (TPSA) is 51.6 Å². The molecule has 0 aromatic carbocycles. The third-order valence-corrected chi connectivity index (χ3v) is 3.31. The van der Waals surface area contributed by atoms with Crippen LogP contribution in [0.4, 0.5) is 0 Å². The molecule has 1 aliphatic heterocycles. The highest BCUT2D eigenvalue weighted by Gasteiger charge is 2.20. The lowest BCUT2D eigenvalue weighted by Gasteiger charge is -2.31. The maximum atomic E-state index is 5.73. The maximum absolute atomic E-state index is 5.73. The van der Waals surface area contributed by atoms with E-state index in [0.717, 1.165) is 49.7 Å². The van der Waals surface area contributed by atoms with Gasteiger partial charge < -0.3 is 14.9 Å². The van der Waals surface area contributed by atoms with Gasteiger partial charge in [0.2, 0.25) is 0 Å². The van der Waals surface area contributed by atoms with E-state index < -0.39 is 0 Å². The monoisotopic (exact) mass is 238 g/mol. The summed E-state index contributed by atoms with van der Waals surface area (Å²) in [7, 11) is 0. The van der Waals surface area contributed by atoms with Crippen molar-refractivity contribution in [2.45, 2.75) is 39.5 Å². The summed E-state index contributed by atoms with van der Waals surface area (Å²) >= 11 is 0. The summed E-state index contributed by atoms with van der Waals surface area (Å²) in [5.41, 5.74) is 6.77. The summed E-state index contributed by atoms with van der Waals surface area (Å²) in [5, 5.41) is 0. The first-order chi connectivity index (χ1) is 8.22. The van der Waals surface area contributed by atoms with Crippen molar-refractivity contribution in [2.24, 2.45) is 5.73 Å². The van der Waals surface area contributed by atoms with Crippen molar-refractivity contribution in [3.05, 3.63) is 23.2 Å². The van der Waals surface area contributed by atoms with E-state index in [-0.39, 0.29) is 0 Å². The number of aryl methyl sites for hydroxylation is 1. The zero-order valence-corrected chi connectivity index (χ0v) is 10.7. The third-order valence-electron chi connectivity index (χ3n) is 3.31. The van der Waals surface area contributed by atoms with Crippen molar-refractivity contribution in [1.82, 2.24) is 4.90 Å². The van der Waals surface area contributed by atoms with Crippen LogP contribution in [-0.2, 0) is 17.8 Å². The molecule has 0 saturated carbocycles. The molecule has 0 bridgehead atoms. The smallest absolute Gasteiger partial charge is 0.120 e. The average molecular weight is 238 g/mol. The zero-order valence-electron chi connectivity index (χ0n) is 10.7. The fraction of sp³-hybridized carbons (Fsp3) is 0.692. The van der Waals surface area contributed by atoms with Crippen LogP contribution in [0.1, 0.15) is 30.4 Å². The van der Waals surface area contributed by atoms with E-state index >= 15 is 0 Å². The van der Waals surface area contributed by atoms with Crippen molar-refractivity contribution >= 4 is 0 Å². The van der Waals surface area contributed by atoms with Crippen LogP contribution >= 0.6 is 0 Å². The standard InChI is InChI=1S/C13H22N2O2/c1-3-11-8-15(4-5-16-11)9-12-6-10(2)13(7-14)17-12/h6,11H,3-5,7-9,14H2,1-2H3. The molecular weight excluding hydrogens is 216 g/mol. The summed E-state index contributed by atoms with van der Waals surface area (Å²) in [6, 6.07) is 2.10. The van der Waals surface area contributed by atoms with Crippen LogP contribution in [0, 0.1) is 6.92 Å². The summed E-state index contributed by atoms with van der Waals surface area (Å²) in [6.07, 6.45) is 1.44. The van der Waals surface area contributed by atoms with Gasteiger partial charge in [-0.1, -0.05) is 6.92 Å². The lowest BCUT2D eigenvalue weighted by molar-refractivity contribution is -0.0342. The van der Waals surface area contributed by atoms with Gasteiger partial charge in [0.05, 0.1) is 25.8 Å². The fourth-order valence-corrected chi connectivity index (χ4v) is 2.26. The summed E-state index contributed by atoms with van der Waals surface area (Å²) in [5.74, 6) is 1.92. The largest absolute Gasteiger partial charge is 0.463 e. The molecule has 1 saturated heterocycles. The molecule has 4 nitrogen and oxygen atoms in total. The molecule has 1 atom stereocenters. The normalized spacial score (nSPS) is 21.9. The van der Waals surface area contributed by atoms with E-state index in [1.165, 1.54) is 0 Å². The molecular formula is C13H22N2O2. The predicted molar refractivity (Wildman–Crippen MR) is 66.6 cm³/mol. The van der Waals surface area contributed by atoms with E-state index in [4.69, 9.17) is 14.9 Å². The lowest BCUT2D eigenvalue weighted by Crippen LogP contribution is -2.41. The van der Waals surface area contributed by atoms with Crippen molar-refractivity contribution in [2.75, 3.05) is 19.7 Å². The van der Waals surface area contributed by atoms with Gasteiger partial charge in [-0.2, -0.15) is 0 Å². The molecule has 0 amide bonds. The molecule has 0 spiro atoms. The van der Waals surface area contributed by atoms with Gasteiger partial charge in [-0.25, -0.2) is 0 Å². The van der Waals surface area contributed by atoms with Gasteiger partial charge in [0.1, 0.15) is 11.5 Å². The quantitative estimate of drug-likeness (QED) is 0.866. The molecule has 1 unspecified atom stereocenters. The minimum Gasteiger partial charge on any atom is -0.463 e. The first-order valence-corrected chi connectivity index (χ1v) is 6.35. The molecule has 1 fully saturated rings. The van der Waals surface area contributed by atoms with Crippen LogP contribution in [0.3, 0.4) is 0 Å². The van der Waals surface area contributed by atoms with Crippen molar-refractivity contribution < 1.29 is 9.15 Å². The van der Waals surface area contributed by atoms with E-state index in [0.29, 0.717) is 12.6 Å². The highest BCUT2D eigenvalue weighted by Crippen LogP contribution is 2.17. The molecule has 1 aliphatic rings. The number of ether oxygens (including phenoxy) is 1. The molecule has 1 aromatic heterocycles. The Kier molecular flexibility index (Phi) is 4.20. The van der Waals surface area contributed by atoms with E-state index in [1.807, 2.05) is 6.92 Å². The van der Waals surface area contributed by atoms with Crippen LogP contribution in [-0.4, -0.2) is 30.7 Å². The molecule has 0 aliphatic carbocycles. The molecule has 1 aromatic rings. The van der Waals surface area contributed by atoms with E-state index in [9.17, 15) is 0 Å². The Morgan fingerprint density at radius 3 is 3.00 bits per heavy atom. The Morgan fingerprint density at radius 1 is 1.53 bits per heavy atom. The van der Waals surface area contributed by atoms with E-state index in [2.05, 4.69) is 17.9 Å². The molecule has 0 radical (unpaired) electrons. The van der Waals surface area contributed by atoms with Gasteiger partial charge in [-0.05, 0) is 25.0 Å². The number of hydrogen-bond acceptors (Lipinski definition) is 4. The van der Waals surface area contributed by atoms with Gasteiger partial charge in [-0.3, -0.25) is 4.90 Å². The zero-order chi connectivity index (χ0) is 12.3. The van der Waals surface area contributed by atoms with Crippen LogP contribution in [0.5, 0.6) is 0 Å². The van der Waals surface area contributed by atoms with Gasteiger partial charge in [0, 0.05) is 13.1 Å². The SMILES string of the molecule is CCC1CN(Cc2cc(C)c(CN)o2)CCO1. The number of morpholine rings is 1. The first kappa shape index (κ1) is 12.6. The summed E-state index contributed by atoms with van der Waals surface area (Å²) < 4.78 is 11.4. The first-order valence-electron chi connectivity index (χ1n) is 6.35.